The van der Waals surface area contributed by atoms with Gasteiger partial charge in [0.15, 0.2) is 0 Å². The molecule has 0 aliphatic heterocycles. The summed E-state index contributed by atoms with van der Waals surface area (Å²) in [6.07, 6.45) is 7.21. The van der Waals surface area contributed by atoms with E-state index < -0.39 is 0 Å². The Morgan fingerprint density at radius 2 is 2.20 bits per heavy atom. The topological polar surface area (TPSA) is 55.9 Å². The van der Waals surface area contributed by atoms with Gasteiger partial charge in [0.25, 0.3) is 0 Å². The van der Waals surface area contributed by atoms with E-state index in [1.165, 1.54) is 12.8 Å². The van der Waals surface area contributed by atoms with Gasteiger partial charge in [-0.25, -0.2) is 10.4 Å². The van der Waals surface area contributed by atoms with E-state index in [2.05, 4.69) is 24.3 Å². The van der Waals surface area contributed by atoms with Crippen LogP contribution in [0.4, 0.5) is 0 Å². The number of rotatable bonds is 6. The molecule has 1 aromatic rings. The molecule has 4 heteroatoms. The van der Waals surface area contributed by atoms with Crippen LogP contribution in [0.1, 0.15) is 45.0 Å². The first-order valence-corrected chi connectivity index (χ1v) is 5.58. The average molecular weight is 210 g/mol. The lowest BCUT2D eigenvalue weighted by atomic mass is 10.0. The number of hydrogen-bond donors (Lipinski definition) is 2. The summed E-state index contributed by atoms with van der Waals surface area (Å²) < 4.78 is 2.01. The van der Waals surface area contributed by atoms with Crippen LogP contribution in [0.3, 0.4) is 0 Å². The number of aromatic nitrogens is 2. The van der Waals surface area contributed by atoms with Crippen molar-refractivity contribution in [2.45, 2.75) is 39.2 Å². The summed E-state index contributed by atoms with van der Waals surface area (Å²) in [7, 11) is 2.00. The summed E-state index contributed by atoms with van der Waals surface area (Å²) in [4.78, 5) is 4.31. The fraction of sp³-hybridized carbons (Fsp3) is 0.727. The van der Waals surface area contributed by atoms with Gasteiger partial charge in [-0.3, -0.25) is 5.84 Å². The van der Waals surface area contributed by atoms with Crippen molar-refractivity contribution in [3.05, 3.63) is 18.2 Å². The third-order valence-electron chi connectivity index (χ3n) is 2.65. The van der Waals surface area contributed by atoms with Crippen molar-refractivity contribution in [2.24, 2.45) is 18.8 Å². The molecule has 0 aliphatic rings. The summed E-state index contributed by atoms with van der Waals surface area (Å²) in [6.45, 7) is 4.48. The Morgan fingerprint density at radius 1 is 1.47 bits per heavy atom. The molecule has 3 N–H and O–H groups in total. The van der Waals surface area contributed by atoms with E-state index in [1.54, 1.807) is 0 Å². The van der Waals surface area contributed by atoms with Gasteiger partial charge < -0.3 is 4.57 Å². The molecule has 0 saturated heterocycles. The molecular weight excluding hydrogens is 188 g/mol. The van der Waals surface area contributed by atoms with E-state index in [0.717, 1.165) is 18.2 Å². The third kappa shape index (κ3) is 3.64. The zero-order valence-electron chi connectivity index (χ0n) is 9.90. The number of aryl methyl sites for hydroxylation is 1. The van der Waals surface area contributed by atoms with Crippen molar-refractivity contribution >= 4 is 0 Å². The zero-order chi connectivity index (χ0) is 11.3. The third-order valence-corrected chi connectivity index (χ3v) is 2.65. The quantitative estimate of drug-likeness (QED) is 0.555. The maximum atomic E-state index is 5.55. The van der Waals surface area contributed by atoms with Crippen LogP contribution in [0, 0.1) is 5.92 Å². The minimum atomic E-state index is 0.170. The molecule has 1 heterocycles. The van der Waals surface area contributed by atoms with Crippen molar-refractivity contribution in [1.82, 2.24) is 15.0 Å². The number of nitrogens with one attached hydrogen (secondary N) is 1. The number of hydrogen-bond acceptors (Lipinski definition) is 3. The largest absolute Gasteiger partial charge is 0.337 e. The molecule has 0 aliphatic carbocycles. The van der Waals surface area contributed by atoms with Crippen molar-refractivity contribution in [2.75, 3.05) is 0 Å². The Labute approximate surface area is 91.8 Å². The van der Waals surface area contributed by atoms with Crippen molar-refractivity contribution in [1.29, 1.82) is 0 Å². The number of nitrogens with two attached hydrogens (primary N) is 1. The van der Waals surface area contributed by atoms with Crippen LogP contribution in [0.2, 0.25) is 0 Å². The second-order valence-electron chi connectivity index (χ2n) is 4.44. The standard InChI is InChI=1S/C11H22N4/c1-9(2)5-4-6-10(14-12)11-13-7-8-15(11)3/h7-10,14H,4-6,12H2,1-3H3. The van der Waals surface area contributed by atoms with Crippen LogP contribution in [-0.2, 0) is 7.05 Å². The molecule has 0 amide bonds. The van der Waals surface area contributed by atoms with Gasteiger partial charge in [0.2, 0.25) is 0 Å². The molecule has 1 aromatic heterocycles. The Morgan fingerprint density at radius 3 is 2.67 bits per heavy atom. The number of hydrazine groups is 1. The van der Waals surface area contributed by atoms with E-state index >= 15 is 0 Å². The Bertz CT molecular complexity index is 280. The van der Waals surface area contributed by atoms with Gasteiger partial charge in [0.1, 0.15) is 5.82 Å². The first-order chi connectivity index (χ1) is 7.15. The Hall–Kier alpha value is -0.870. The van der Waals surface area contributed by atoms with Crippen LogP contribution in [-0.4, -0.2) is 9.55 Å². The predicted octanol–water partition coefficient (Wildman–Crippen LogP) is 1.75. The average Bonchev–Trinajstić information content (AvgIpc) is 2.59. The highest BCUT2D eigenvalue weighted by molar-refractivity contribution is 4.97. The number of imidazole rings is 1. The normalized spacial score (nSPS) is 13.4. The molecule has 0 spiro atoms. The van der Waals surface area contributed by atoms with E-state index in [4.69, 9.17) is 5.84 Å². The number of nitrogens with zero attached hydrogens (tertiary/aromatic N) is 2. The molecule has 1 atom stereocenters. The molecular formula is C11H22N4. The maximum Gasteiger partial charge on any atom is 0.126 e. The molecule has 15 heavy (non-hydrogen) atoms. The van der Waals surface area contributed by atoms with Crippen LogP contribution in [0.15, 0.2) is 12.4 Å². The lowest BCUT2D eigenvalue weighted by Crippen LogP contribution is -2.30. The van der Waals surface area contributed by atoms with Crippen LogP contribution in [0.5, 0.6) is 0 Å². The maximum absolute atomic E-state index is 5.55. The summed E-state index contributed by atoms with van der Waals surface area (Å²) >= 11 is 0. The fourth-order valence-corrected chi connectivity index (χ4v) is 1.73. The Kier molecular flexibility index (Phi) is 4.78. The van der Waals surface area contributed by atoms with Crippen molar-refractivity contribution in [3.8, 4) is 0 Å². The van der Waals surface area contributed by atoms with Gasteiger partial charge in [-0.1, -0.05) is 26.7 Å². The van der Waals surface area contributed by atoms with Gasteiger partial charge in [-0.05, 0) is 12.3 Å². The highest BCUT2D eigenvalue weighted by atomic mass is 15.3. The second kappa shape index (κ2) is 5.88. The van der Waals surface area contributed by atoms with Gasteiger partial charge in [-0.15, -0.1) is 0 Å². The summed E-state index contributed by atoms with van der Waals surface area (Å²) in [5.41, 5.74) is 2.84. The predicted molar refractivity (Wildman–Crippen MR) is 62.0 cm³/mol. The van der Waals surface area contributed by atoms with E-state index in [0.29, 0.717) is 0 Å². The highest BCUT2D eigenvalue weighted by Gasteiger charge is 2.13. The molecule has 86 valence electrons. The smallest absolute Gasteiger partial charge is 0.126 e. The molecule has 1 rings (SSSR count). The summed E-state index contributed by atoms with van der Waals surface area (Å²) in [5.74, 6) is 7.32. The molecule has 1 unspecified atom stereocenters. The second-order valence-corrected chi connectivity index (χ2v) is 4.44. The SMILES string of the molecule is CC(C)CCCC(NN)c1nccn1C. The zero-order valence-corrected chi connectivity index (χ0v) is 9.90. The van der Waals surface area contributed by atoms with E-state index in [1.807, 2.05) is 24.0 Å². The molecule has 0 aromatic carbocycles. The highest BCUT2D eigenvalue weighted by Crippen LogP contribution is 2.18. The Balaban J connectivity index is 2.46. The lowest BCUT2D eigenvalue weighted by Gasteiger charge is -2.16. The minimum Gasteiger partial charge on any atom is -0.337 e. The van der Waals surface area contributed by atoms with E-state index in [9.17, 15) is 0 Å². The van der Waals surface area contributed by atoms with Crippen LogP contribution < -0.4 is 11.3 Å². The van der Waals surface area contributed by atoms with Gasteiger partial charge in [0.05, 0.1) is 6.04 Å². The summed E-state index contributed by atoms with van der Waals surface area (Å²) in [5, 5.41) is 0. The molecule has 0 radical (unpaired) electrons. The molecule has 0 saturated carbocycles. The van der Waals surface area contributed by atoms with Gasteiger partial charge in [-0.2, -0.15) is 0 Å². The van der Waals surface area contributed by atoms with Crippen LogP contribution in [0.25, 0.3) is 0 Å². The van der Waals surface area contributed by atoms with Crippen LogP contribution >= 0.6 is 0 Å². The molecule has 0 bridgehead atoms. The lowest BCUT2D eigenvalue weighted by molar-refractivity contribution is 0.433. The van der Waals surface area contributed by atoms with Crippen molar-refractivity contribution < 1.29 is 0 Å². The molecule has 4 nitrogen and oxygen atoms in total. The minimum absolute atomic E-state index is 0.170. The van der Waals surface area contributed by atoms with Gasteiger partial charge >= 0.3 is 0 Å². The van der Waals surface area contributed by atoms with Gasteiger partial charge in [0, 0.05) is 19.4 Å². The fourth-order valence-electron chi connectivity index (χ4n) is 1.73. The van der Waals surface area contributed by atoms with E-state index in [-0.39, 0.29) is 6.04 Å². The monoisotopic (exact) mass is 210 g/mol. The first kappa shape index (κ1) is 12.2. The molecule has 0 fully saturated rings. The van der Waals surface area contributed by atoms with Crippen molar-refractivity contribution in [3.63, 3.8) is 0 Å². The summed E-state index contributed by atoms with van der Waals surface area (Å²) in [6, 6.07) is 0.170. The first-order valence-electron chi connectivity index (χ1n) is 5.58.